The molecule has 0 rings (SSSR count). The molecule has 0 amide bonds. The number of alkyl halides is 3. The number of carbonyl (C=O) groups excluding carboxylic acids is 2. The van der Waals surface area contributed by atoms with E-state index in [1.54, 1.807) is 0 Å². The highest BCUT2D eigenvalue weighted by molar-refractivity contribution is 6.05. The van der Waals surface area contributed by atoms with Crippen LogP contribution in [0.25, 0.3) is 0 Å². The van der Waals surface area contributed by atoms with Crippen LogP contribution in [-0.2, 0) is 14.3 Å². The number of ketones is 1. The zero-order chi connectivity index (χ0) is 9.94. The molecule has 0 aliphatic carbocycles. The zero-order valence-electron chi connectivity index (χ0n) is 6.42. The van der Waals surface area contributed by atoms with E-state index in [-0.39, 0.29) is 12.4 Å². The van der Waals surface area contributed by atoms with E-state index < -0.39 is 24.0 Å². The molecule has 8 heteroatoms. The molecule has 0 fully saturated rings. The van der Waals surface area contributed by atoms with Crippen molar-refractivity contribution < 1.29 is 27.5 Å². The Labute approximate surface area is 77.6 Å². The second-order valence-electron chi connectivity index (χ2n) is 1.86. The van der Waals surface area contributed by atoms with Gasteiger partial charge in [-0.25, -0.2) is 4.79 Å². The Hall–Kier alpha value is -0.820. The number of hydrogen-bond donors (Lipinski definition) is 1. The smallest absolute Gasteiger partial charge is 0.452 e. The van der Waals surface area contributed by atoms with Gasteiger partial charge in [-0.15, -0.1) is 12.4 Å². The molecule has 4 nitrogen and oxygen atoms in total. The Morgan fingerprint density at radius 1 is 1.38 bits per heavy atom. The fourth-order valence-electron chi connectivity index (χ4n) is 0.410. The summed E-state index contributed by atoms with van der Waals surface area (Å²) in [6, 6.07) is -2.28. The maximum absolute atomic E-state index is 11.6. The molecular formula is C5H7ClF3NO3. The highest BCUT2D eigenvalue weighted by Crippen LogP contribution is 2.17. The van der Waals surface area contributed by atoms with Gasteiger partial charge in [0.15, 0.2) is 6.04 Å². The highest BCUT2D eigenvalue weighted by atomic mass is 35.5. The van der Waals surface area contributed by atoms with Gasteiger partial charge in [-0.3, -0.25) is 4.79 Å². The summed E-state index contributed by atoms with van der Waals surface area (Å²) in [4.78, 5) is 20.5. The van der Waals surface area contributed by atoms with E-state index in [4.69, 9.17) is 0 Å². The topological polar surface area (TPSA) is 69.4 Å². The van der Waals surface area contributed by atoms with Crippen molar-refractivity contribution in [2.24, 2.45) is 5.73 Å². The van der Waals surface area contributed by atoms with Crippen molar-refractivity contribution in [2.75, 3.05) is 7.11 Å². The van der Waals surface area contributed by atoms with E-state index >= 15 is 0 Å². The average molecular weight is 222 g/mol. The van der Waals surface area contributed by atoms with Crippen LogP contribution in [0.4, 0.5) is 13.2 Å². The largest absolute Gasteiger partial charge is 0.468 e. The molecule has 0 radical (unpaired) electrons. The average Bonchev–Trinajstić information content (AvgIpc) is 1.98. The molecule has 0 aliphatic heterocycles. The number of Topliss-reactive ketones (excluding diaryl/α,β-unsaturated/α-hetero) is 1. The van der Waals surface area contributed by atoms with E-state index in [0.717, 1.165) is 7.11 Å². The lowest BCUT2D eigenvalue weighted by molar-refractivity contribution is -0.176. The number of esters is 1. The van der Waals surface area contributed by atoms with Crippen LogP contribution in [0.3, 0.4) is 0 Å². The Kier molecular flexibility index (Phi) is 5.68. The fraction of sp³-hybridized carbons (Fsp3) is 0.600. The number of ether oxygens (including phenoxy) is 1. The summed E-state index contributed by atoms with van der Waals surface area (Å²) in [5.41, 5.74) is 4.61. The number of hydrogen-bond acceptors (Lipinski definition) is 4. The first kappa shape index (κ1) is 14.7. The predicted octanol–water partition coefficient (Wildman–Crippen LogP) is 0.0399. The predicted molar refractivity (Wildman–Crippen MR) is 38.3 cm³/mol. The van der Waals surface area contributed by atoms with Crippen molar-refractivity contribution in [2.45, 2.75) is 12.2 Å². The quantitative estimate of drug-likeness (QED) is 0.528. The molecule has 1 atom stereocenters. The molecule has 0 aromatic rings. The fourth-order valence-corrected chi connectivity index (χ4v) is 0.410. The molecule has 0 spiro atoms. The minimum absolute atomic E-state index is 0. The molecule has 0 saturated carbocycles. The van der Waals surface area contributed by atoms with E-state index in [2.05, 4.69) is 10.5 Å². The molecular weight excluding hydrogens is 215 g/mol. The standard InChI is InChI=1S/C5H6F3NO3.ClH/c1-12-4(11)2(9)3(10)5(6,7)8;/h2H,9H2,1H3;1H. The summed E-state index contributed by atoms with van der Waals surface area (Å²) in [5.74, 6) is -3.72. The SMILES string of the molecule is COC(=O)C(N)C(=O)C(F)(F)F.Cl. The zero-order valence-corrected chi connectivity index (χ0v) is 7.24. The molecule has 0 aliphatic rings. The van der Waals surface area contributed by atoms with Gasteiger partial charge in [-0.05, 0) is 0 Å². The van der Waals surface area contributed by atoms with Crippen molar-refractivity contribution in [3.8, 4) is 0 Å². The van der Waals surface area contributed by atoms with Crippen molar-refractivity contribution in [3.05, 3.63) is 0 Å². The van der Waals surface area contributed by atoms with Crippen molar-refractivity contribution in [3.63, 3.8) is 0 Å². The van der Waals surface area contributed by atoms with Crippen LogP contribution >= 0.6 is 12.4 Å². The molecule has 13 heavy (non-hydrogen) atoms. The van der Waals surface area contributed by atoms with Crippen LogP contribution in [0.5, 0.6) is 0 Å². The van der Waals surface area contributed by atoms with E-state index in [1.165, 1.54) is 0 Å². The van der Waals surface area contributed by atoms with Crippen LogP contribution in [-0.4, -0.2) is 31.1 Å². The van der Waals surface area contributed by atoms with Crippen molar-refractivity contribution in [1.82, 2.24) is 0 Å². The molecule has 2 N–H and O–H groups in total. The Balaban J connectivity index is 0. The van der Waals surface area contributed by atoms with Gasteiger partial charge in [0.1, 0.15) is 0 Å². The first-order valence-corrected chi connectivity index (χ1v) is 2.75. The molecule has 78 valence electrons. The van der Waals surface area contributed by atoms with Gasteiger partial charge in [-0.2, -0.15) is 13.2 Å². The molecule has 0 bridgehead atoms. The lowest BCUT2D eigenvalue weighted by Gasteiger charge is -2.09. The van der Waals surface area contributed by atoms with Crippen molar-refractivity contribution in [1.29, 1.82) is 0 Å². The monoisotopic (exact) mass is 221 g/mol. The molecule has 0 aromatic heterocycles. The third kappa shape index (κ3) is 4.09. The maximum atomic E-state index is 11.6. The summed E-state index contributed by atoms with van der Waals surface area (Å²) >= 11 is 0. The van der Waals surface area contributed by atoms with Crippen LogP contribution < -0.4 is 5.73 Å². The Morgan fingerprint density at radius 2 is 1.77 bits per heavy atom. The Morgan fingerprint density at radius 3 is 2.00 bits per heavy atom. The van der Waals surface area contributed by atoms with Gasteiger partial charge < -0.3 is 10.5 Å². The van der Waals surface area contributed by atoms with Crippen LogP contribution in [0, 0.1) is 0 Å². The third-order valence-corrected chi connectivity index (χ3v) is 1.02. The van der Waals surface area contributed by atoms with Gasteiger partial charge in [0, 0.05) is 0 Å². The first-order valence-electron chi connectivity index (χ1n) is 2.75. The van der Waals surface area contributed by atoms with Gasteiger partial charge in [0.25, 0.3) is 5.78 Å². The third-order valence-electron chi connectivity index (χ3n) is 1.02. The number of carbonyl (C=O) groups is 2. The normalized spacial score (nSPS) is 12.7. The second-order valence-corrected chi connectivity index (χ2v) is 1.86. The number of rotatable bonds is 2. The molecule has 0 heterocycles. The molecule has 1 unspecified atom stereocenters. The minimum atomic E-state index is -5.10. The Bertz CT molecular complexity index is 206. The molecule has 0 aromatic carbocycles. The highest BCUT2D eigenvalue weighted by Gasteiger charge is 2.45. The second kappa shape index (κ2) is 5.03. The van der Waals surface area contributed by atoms with Crippen LogP contribution in [0.15, 0.2) is 0 Å². The summed E-state index contributed by atoms with van der Waals surface area (Å²) in [5, 5.41) is 0. The summed E-state index contributed by atoms with van der Waals surface area (Å²) in [7, 11) is 0.839. The summed E-state index contributed by atoms with van der Waals surface area (Å²) in [6.45, 7) is 0. The minimum Gasteiger partial charge on any atom is -0.468 e. The number of nitrogens with two attached hydrogens (primary N) is 1. The van der Waals surface area contributed by atoms with E-state index in [1.807, 2.05) is 0 Å². The van der Waals surface area contributed by atoms with Gasteiger partial charge in [0.2, 0.25) is 0 Å². The summed E-state index contributed by atoms with van der Waals surface area (Å²) < 4.78 is 38.5. The first-order chi connectivity index (χ1) is 5.30. The van der Waals surface area contributed by atoms with Gasteiger partial charge >= 0.3 is 12.1 Å². The molecule has 0 saturated heterocycles. The number of halogens is 4. The lowest BCUT2D eigenvalue weighted by Crippen LogP contribution is -2.46. The van der Waals surface area contributed by atoms with Crippen LogP contribution in [0.1, 0.15) is 0 Å². The lowest BCUT2D eigenvalue weighted by atomic mass is 10.2. The van der Waals surface area contributed by atoms with E-state index in [0.29, 0.717) is 0 Å². The maximum Gasteiger partial charge on any atom is 0.452 e. The van der Waals surface area contributed by atoms with Crippen molar-refractivity contribution >= 4 is 24.2 Å². The van der Waals surface area contributed by atoms with Crippen LogP contribution in [0.2, 0.25) is 0 Å². The van der Waals surface area contributed by atoms with Gasteiger partial charge in [0.05, 0.1) is 7.11 Å². The van der Waals surface area contributed by atoms with E-state index in [9.17, 15) is 22.8 Å². The summed E-state index contributed by atoms with van der Waals surface area (Å²) in [6.07, 6.45) is -5.10. The van der Waals surface area contributed by atoms with Gasteiger partial charge in [-0.1, -0.05) is 0 Å². The number of methoxy groups -OCH3 is 1.